The minimum atomic E-state index is 0.683. The van der Waals surface area contributed by atoms with Crippen LogP contribution >= 0.6 is 0 Å². The number of piperidine rings is 1. The Morgan fingerprint density at radius 1 is 1.25 bits per heavy atom. The van der Waals surface area contributed by atoms with Crippen LogP contribution in [0, 0.1) is 17.2 Å². The van der Waals surface area contributed by atoms with Crippen molar-refractivity contribution in [1.82, 2.24) is 5.32 Å². The van der Waals surface area contributed by atoms with Crippen LogP contribution in [0.5, 0.6) is 0 Å². The number of rotatable bonds is 4. The molecule has 0 amide bonds. The van der Waals surface area contributed by atoms with Gasteiger partial charge in [-0.1, -0.05) is 6.07 Å². The Balaban J connectivity index is 1.55. The number of nitrogens with one attached hydrogen (secondary N) is 1. The lowest BCUT2D eigenvalue weighted by molar-refractivity contribution is 0.553. The molecule has 0 aromatic heterocycles. The van der Waals surface area contributed by atoms with E-state index in [-0.39, 0.29) is 0 Å². The molecular weight excluding hydrogens is 246 g/mol. The molecular formula is C17H21N3. The van der Waals surface area contributed by atoms with Crippen molar-refractivity contribution in [3.8, 4) is 6.07 Å². The number of hydrogen-bond donors (Lipinski definition) is 1. The van der Waals surface area contributed by atoms with Gasteiger partial charge in [0.05, 0.1) is 11.3 Å². The SMILES string of the molecule is N#Cc1cc(CNC2CC2)ccc1N1CC2CCC1C2. The zero-order valence-electron chi connectivity index (χ0n) is 11.8. The van der Waals surface area contributed by atoms with E-state index in [1.807, 2.05) is 0 Å². The van der Waals surface area contributed by atoms with Crippen molar-refractivity contribution in [3.63, 3.8) is 0 Å². The zero-order valence-corrected chi connectivity index (χ0v) is 11.8. The zero-order chi connectivity index (χ0) is 13.5. The van der Waals surface area contributed by atoms with Crippen LogP contribution in [0.1, 0.15) is 43.2 Å². The Kier molecular flexibility index (Phi) is 2.93. The Hall–Kier alpha value is -1.53. The summed E-state index contributed by atoms with van der Waals surface area (Å²) in [4.78, 5) is 2.48. The van der Waals surface area contributed by atoms with Crippen molar-refractivity contribution >= 4 is 5.69 Å². The first-order chi connectivity index (χ1) is 9.83. The first-order valence-electron chi connectivity index (χ1n) is 7.86. The summed E-state index contributed by atoms with van der Waals surface area (Å²) in [5.41, 5.74) is 3.25. The molecule has 1 aromatic carbocycles. The van der Waals surface area contributed by atoms with Gasteiger partial charge in [0, 0.05) is 25.2 Å². The second-order valence-electron chi connectivity index (χ2n) is 6.60. The fraction of sp³-hybridized carbons (Fsp3) is 0.588. The number of anilines is 1. The van der Waals surface area contributed by atoms with Crippen molar-refractivity contribution in [2.75, 3.05) is 11.4 Å². The maximum atomic E-state index is 9.47. The maximum absolute atomic E-state index is 9.47. The second-order valence-corrected chi connectivity index (χ2v) is 6.60. The molecule has 1 heterocycles. The van der Waals surface area contributed by atoms with E-state index in [1.54, 1.807) is 0 Å². The predicted molar refractivity (Wildman–Crippen MR) is 79.5 cm³/mol. The lowest BCUT2D eigenvalue weighted by atomic mass is 10.0. The van der Waals surface area contributed by atoms with E-state index >= 15 is 0 Å². The van der Waals surface area contributed by atoms with Crippen molar-refractivity contribution in [2.24, 2.45) is 5.92 Å². The van der Waals surface area contributed by atoms with E-state index in [9.17, 15) is 5.26 Å². The molecule has 2 unspecified atom stereocenters. The molecule has 2 aliphatic carbocycles. The molecule has 3 nitrogen and oxygen atoms in total. The van der Waals surface area contributed by atoms with E-state index < -0.39 is 0 Å². The van der Waals surface area contributed by atoms with Gasteiger partial charge >= 0.3 is 0 Å². The Morgan fingerprint density at radius 2 is 2.15 bits per heavy atom. The summed E-state index contributed by atoms with van der Waals surface area (Å²) in [5, 5.41) is 13.0. The highest BCUT2D eigenvalue weighted by molar-refractivity contribution is 5.62. The number of nitriles is 1. The van der Waals surface area contributed by atoms with Gasteiger partial charge in [-0.3, -0.25) is 0 Å². The standard InChI is InChI=1S/C17H21N3/c18-9-14-7-12(10-19-15-3-4-15)2-6-17(14)20-11-13-1-5-16(20)8-13/h2,6-7,13,15-16,19H,1,3-5,8,10-11H2. The number of benzene rings is 1. The molecule has 0 spiro atoms. The van der Waals surface area contributed by atoms with Gasteiger partial charge in [-0.2, -0.15) is 5.26 Å². The van der Waals surface area contributed by atoms with Gasteiger partial charge in [0.15, 0.2) is 0 Å². The average molecular weight is 267 g/mol. The first kappa shape index (κ1) is 12.2. The molecule has 1 aliphatic heterocycles. The molecule has 2 atom stereocenters. The Morgan fingerprint density at radius 3 is 2.80 bits per heavy atom. The summed E-state index contributed by atoms with van der Waals surface area (Å²) in [6.07, 6.45) is 6.63. The third kappa shape index (κ3) is 2.19. The van der Waals surface area contributed by atoms with Crippen LogP contribution in [0.15, 0.2) is 18.2 Å². The highest BCUT2D eigenvalue weighted by Gasteiger charge is 2.38. The van der Waals surface area contributed by atoms with E-state index in [2.05, 4.69) is 34.5 Å². The summed E-state index contributed by atoms with van der Waals surface area (Å²) in [6.45, 7) is 2.05. The number of hydrogen-bond acceptors (Lipinski definition) is 3. The molecule has 2 saturated carbocycles. The quantitative estimate of drug-likeness (QED) is 0.911. The smallest absolute Gasteiger partial charge is 0.101 e. The lowest BCUT2D eigenvalue weighted by Gasteiger charge is -2.30. The number of fused-ring (bicyclic) bond motifs is 2. The normalized spacial score (nSPS) is 27.9. The molecule has 1 saturated heterocycles. The van der Waals surface area contributed by atoms with Crippen molar-refractivity contribution in [1.29, 1.82) is 5.26 Å². The van der Waals surface area contributed by atoms with Gasteiger partial charge in [-0.15, -0.1) is 0 Å². The van der Waals surface area contributed by atoms with E-state index in [0.29, 0.717) is 6.04 Å². The summed E-state index contributed by atoms with van der Waals surface area (Å²) in [6, 6.07) is 10.2. The molecule has 1 N–H and O–H groups in total. The topological polar surface area (TPSA) is 39.1 Å². The second kappa shape index (κ2) is 4.79. The average Bonchev–Trinajstić information content (AvgIpc) is 3.08. The van der Waals surface area contributed by atoms with Crippen LogP contribution in [0.25, 0.3) is 0 Å². The van der Waals surface area contributed by atoms with Gasteiger partial charge in [0.25, 0.3) is 0 Å². The molecule has 20 heavy (non-hydrogen) atoms. The summed E-state index contributed by atoms with van der Waals surface area (Å²) in [7, 11) is 0. The largest absolute Gasteiger partial charge is 0.367 e. The van der Waals surface area contributed by atoms with Crippen LogP contribution in [0.4, 0.5) is 5.69 Å². The molecule has 1 aromatic rings. The van der Waals surface area contributed by atoms with Gasteiger partial charge < -0.3 is 10.2 Å². The van der Waals surface area contributed by atoms with Gasteiger partial charge in [-0.05, 0) is 55.7 Å². The first-order valence-corrected chi connectivity index (χ1v) is 7.86. The van der Waals surface area contributed by atoms with Gasteiger partial charge in [0.2, 0.25) is 0 Å². The third-order valence-corrected chi connectivity index (χ3v) is 5.07. The molecule has 4 rings (SSSR count). The van der Waals surface area contributed by atoms with Crippen molar-refractivity contribution < 1.29 is 0 Å². The minimum Gasteiger partial charge on any atom is -0.367 e. The highest BCUT2D eigenvalue weighted by Crippen LogP contribution is 2.41. The minimum absolute atomic E-state index is 0.683. The Labute approximate surface area is 120 Å². The Bertz CT molecular complexity index is 556. The fourth-order valence-electron chi connectivity index (χ4n) is 3.80. The van der Waals surface area contributed by atoms with Crippen LogP contribution in [0.3, 0.4) is 0 Å². The van der Waals surface area contributed by atoms with Crippen LogP contribution < -0.4 is 10.2 Å². The molecule has 3 fully saturated rings. The van der Waals surface area contributed by atoms with Crippen molar-refractivity contribution in [2.45, 2.75) is 50.7 Å². The van der Waals surface area contributed by atoms with Crippen LogP contribution in [-0.4, -0.2) is 18.6 Å². The van der Waals surface area contributed by atoms with E-state index in [0.717, 1.165) is 36.3 Å². The van der Waals surface area contributed by atoms with E-state index in [1.165, 1.54) is 37.7 Å². The highest BCUT2D eigenvalue weighted by atomic mass is 15.2. The van der Waals surface area contributed by atoms with Crippen molar-refractivity contribution in [3.05, 3.63) is 29.3 Å². The fourth-order valence-corrected chi connectivity index (χ4v) is 3.80. The summed E-state index contributed by atoms with van der Waals surface area (Å²) in [5.74, 6) is 0.864. The molecule has 3 heteroatoms. The van der Waals surface area contributed by atoms with Crippen LogP contribution in [-0.2, 0) is 6.54 Å². The summed E-state index contributed by atoms with van der Waals surface area (Å²) < 4.78 is 0. The lowest BCUT2D eigenvalue weighted by Crippen LogP contribution is -2.32. The monoisotopic (exact) mass is 267 g/mol. The predicted octanol–water partition coefficient (Wildman–Crippen LogP) is 2.80. The maximum Gasteiger partial charge on any atom is 0.101 e. The molecule has 2 bridgehead atoms. The molecule has 0 radical (unpaired) electrons. The van der Waals surface area contributed by atoms with Gasteiger partial charge in [0.1, 0.15) is 6.07 Å². The summed E-state index contributed by atoms with van der Waals surface area (Å²) >= 11 is 0. The van der Waals surface area contributed by atoms with E-state index in [4.69, 9.17) is 0 Å². The molecule has 3 aliphatic rings. The third-order valence-electron chi connectivity index (χ3n) is 5.07. The van der Waals surface area contributed by atoms with Crippen LogP contribution in [0.2, 0.25) is 0 Å². The van der Waals surface area contributed by atoms with Gasteiger partial charge in [-0.25, -0.2) is 0 Å². The molecule has 104 valence electrons. The number of nitrogens with zero attached hydrogens (tertiary/aromatic N) is 2.